The minimum Gasteiger partial charge on any atom is -0.419 e. The maximum absolute atomic E-state index is 13.0. The fourth-order valence-corrected chi connectivity index (χ4v) is 3.88. The summed E-state index contributed by atoms with van der Waals surface area (Å²) in [5.41, 5.74) is 1.75. The van der Waals surface area contributed by atoms with Crippen LogP contribution in [0.1, 0.15) is 5.56 Å². The summed E-state index contributed by atoms with van der Waals surface area (Å²) in [6, 6.07) is 13.5. The maximum atomic E-state index is 13.0. The number of hydrogen-bond donors (Lipinski definition) is 0. The summed E-state index contributed by atoms with van der Waals surface area (Å²) < 4.78 is 31.7. The molecule has 0 saturated carbocycles. The Balaban J connectivity index is 2.16. The van der Waals surface area contributed by atoms with Crippen molar-refractivity contribution in [2.75, 3.05) is 19.0 Å². The molecule has 0 aliphatic carbocycles. The van der Waals surface area contributed by atoms with Gasteiger partial charge in [0.1, 0.15) is 0 Å². The van der Waals surface area contributed by atoms with Crippen molar-refractivity contribution in [2.24, 2.45) is 0 Å². The highest BCUT2D eigenvalue weighted by atomic mass is 35.5. The molecule has 1 heterocycles. The minimum atomic E-state index is -3.83. The van der Waals surface area contributed by atoms with Gasteiger partial charge in [0.15, 0.2) is 0 Å². The van der Waals surface area contributed by atoms with E-state index in [-0.39, 0.29) is 21.7 Å². The molecule has 1 aromatic heterocycles. The summed E-state index contributed by atoms with van der Waals surface area (Å²) in [5.74, 6) is 0.450. The van der Waals surface area contributed by atoms with Gasteiger partial charge in [-0.2, -0.15) is 4.98 Å². The van der Waals surface area contributed by atoms with Crippen molar-refractivity contribution in [3.05, 3.63) is 59.1 Å². The lowest BCUT2D eigenvalue weighted by Gasteiger charge is -2.10. The zero-order valence-corrected chi connectivity index (χ0v) is 15.6. The Labute approximate surface area is 151 Å². The van der Waals surface area contributed by atoms with Gasteiger partial charge in [-0.25, -0.2) is 8.42 Å². The Hall–Kier alpha value is -2.31. The zero-order valence-electron chi connectivity index (χ0n) is 14.0. The van der Waals surface area contributed by atoms with E-state index in [0.29, 0.717) is 5.02 Å². The molecule has 0 bridgehead atoms. The molecule has 0 aliphatic heterocycles. The Kier molecular flexibility index (Phi) is 4.58. The normalized spacial score (nSPS) is 11.5. The van der Waals surface area contributed by atoms with E-state index in [4.69, 9.17) is 16.0 Å². The SMILES string of the molecule is Cc1cccc(-c2nc(S(=O)(=O)c3ccc(Cl)cc3)c(N(C)C)o2)c1. The van der Waals surface area contributed by atoms with Crippen molar-refractivity contribution >= 4 is 27.3 Å². The molecule has 0 aliphatic rings. The molecule has 130 valence electrons. The summed E-state index contributed by atoms with van der Waals surface area (Å²) in [6.07, 6.45) is 0. The van der Waals surface area contributed by atoms with Gasteiger partial charge >= 0.3 is 0 Å². The van der Waals surface area contributed by atoms with E-state index in [9.17, 15) is 8.42 Å². The highest BCUT2D eigenvalue weighted by Gasteiger charge is 2.29. The van der Waals surface area contributed by atoms with Crippen LogP contribution in [0.15, 0.2) is 62.9 Å². The van der Waals surface area contributed by atoms with Crippen LogP contribution in [0.5, 0.6) is 0 Å². The van der Waals surface area contributed by atoms with E-state index in [2.05, 4.69) is 4.98 Å². The highest BCUT2D eigenvalue weighted by Crippen LogP contribution is 2.34. The first kappa shape index (κ1) is 17.5. The average Bonchev–Trinajstić information content (AvgIpc) is 3.02. The van der Waals surface area contributed by atoms with Crippen LogP contribution in [0.2, 0.25) is 5.02 Å². The van der Waals surface area contributed by atoms with Gasteiger partial charge in [-0.15, -0.1) is 0 Å². The average molecular weight is 377 g/mol. The summed E-state index contributed by atoms with van der Waals surface area (Å²) in [7, 11) is -0.414. The van der Waals surface area contributed by atoms with Crippen LogP contribution in [-0.4, -0.2) is 27.5 Å². The number of rotatable bonds is 4. The monoisotopic (exact) mass is 376 g/mol. The van der Waals surface area contributed by atoms with Crippen LogP contribution < -0.4 is 4.90 Å². The standard InChI is InChI=1S/C18H17ClN2O3S/c1-12-5-4-6-13(11-12)16-20-17(18(24-16)21(2)3)25(22,23)15-9-7-14(19)8-10-15/h4-11H,1-3H3. The minimum absolute atomic E-state index is 0.115. The number of hydrogen-bond acceptors (Lipinski definition) is 5. The number of sulfone groups is 1. The molecule has 0 fully saturated rings. The molecule has 0 unspecified atom stereocenters. The molecule has 0 radical (unpaired) electrons. The van der Waals surface area contributed by atoms with Crippen molar-refractivity contribution in [3.8, 4) is 11.5 Å². The van der Waals surface area contributed by atoms with Crippen LogP contribution >= 0.6 is 11.6 Å². The second-order valence-corrected chi connectivity index (χ2v) is 8.15. The van der Waals surface area contributed by atoms with Crippen molar-refractivity contribution in [2.45, 2.75) is 16.8 Å². The Morgan fingerprint density at radius 1 is 1.08 bits per heavy atom. The van der Waals surface area contributed by atoms with Gasteiger partial charge in [-0.05, 0) is 43.3 Å². The topological polar surface area (TPSA) is 63.4 Å². The predicted molar refractivity (Wildman–Crippen MR) is 97.9 cm³/mol. The third kappa shape index (κ3) is 3.41. The lowest BCUT2D eigenvalue weighted by molar-refractivity contribution is 0.564. The van der Waals surface area contributed by atoms with Gasteiger partial charge < -0.3 is 9.32 Å². The summed E-state index contributed by atoms with van der Waals surface area (Å²) >= 11 is 5.85. The molecule has 0 spiro atoms. The van der Waals surface area contributed by atoms with Crippen LogP contribution in [0.25, 0.3) is 11.5 Å². The lowest BCUT2D eigenvalue weighted by atomic mass is 10.1. The number of oxazole rings is 1. The van der Waals surface area contributed by atoms with Crippen LogP contribution in [0.3, 0.4) is 0 Å². The molecule has 3 aromatic rings. The number of aryl methyl sites for hydroxylation is 1. The van der Waals surface area contributed by atoms with E-state index in [1.165, 1.54) is 24.3 Å². The molecule has 25 heavy (non-hydrogen) atoms. The van der Waals surface area contributed by atoms with Gasteiger partial charge in [0.05, 0.1) is 4.90 Å². The van der Waals surface area contributed by atoms with Crippen LogP contribution in [0, 0.1) is 6.92 Å². The second kappa shape index (κ2) is 6.54. The third-order valence-electron chi connectivity index (χ3n) is 3.63. The van der Waals surface area contributed by atoms with Gasteiger partial charge in [0, 0.05) is 24.7 Å². The molecule has 0 saturated heterocycles. The van der Waals surface area contributed by atoms with E-state index < -0.39 is 9.84 Å². The van der Waals surface area contributed by atoms with Crippen molar-refractivity contribution < 1.29 is 12.8 Å². The second-order valence-electron chi connectivity index (χ2n) is 5.85. The number of aromatic nitrogens is 1. The third-order valence-corrected chi connectivity index (χ3v) is 5.55. The largest absolute Gasteiger partial charge is 0.419 e. The van der Waals surface area contributed by atoms with Gasteiger partial charge in [0.2, 0.25) is 26.6 Å². The number of benzene rings is 2. The quantitative estimate of drug-likeness (QED) is 0.682. The van der Waals surface area contributed by atoms with Crippen molar-refractivity contribution in [1.29, 1.82) is 0 Å². The molecule has 0 atom stereocenters. The molecule has 7 heteroatoms. The predicted octanol–water partition coefficient (Wildman–Crippen LogP) is 4.20. The summed E-state index contributed by atoms with van der Waals surface area (Å²) in [4.78, 5) is 5.99. The number of nitrogens with zero attached hydrogens (tertiary/aromatic N) is 2. The summed E-state index contributed by atoms with van der Waals surface area (Å²) in [6.45, 7) is 1.95. The molecule has 5 nitrogen and oxygen atoms in total. The first-order chi connectivity index (χ1) is 11.8. The van der Waals surface area contributed by atoms with E-state index >= 15 is 0 Å². The van der Waals surface area contributed by atoms with Crippen LogP contribution in [0.4, 0.5) is 5.88 Å². The highest BCUT2D eigenvalue weighted by molar-refractivity contribution is 7.91. The molecule has 3 rings (SSSR count). The Bertz CT molecular complexity index is 1010. The maximum Gasteiger partial charge on any atom is 0.235 e. The van der Waals surface area contributed by atoms with E-state index in [1.807, 2.05) is 31.2 Å². The van der Waals surface area contributed by atoms with Gasteiger partial charge in [0.25, 0.3) is 0 Å². The Morgan fingerprint density at radius 2 is 1.76 bits per heavy atom. The van der Waals surface area contributed by atoms with Crippen molar-refractivity contribution in [3.63, 3.8) is 0 Å². The number of anilines is 1. The first-order valence-electron chi connectivity index (χ1n) is 7.55. The number of halogens is 1. The molecular weight excluding hydrogens is 360 g/mol. The molecule has 2 aromatic carbocycles. The first-order valence-corrected chi connectivity index (χ1v) is 9.41. The van der Waals surface area contributed by atoms with E-state index in [0.717, 1.165) is 11.1 Å². The Morgan fingerprint density at radius 3 is 2.36 bits per heavy atom. The molecular formula is C18H17ClN2O3S. The molecule has 0 N–H and O–H groups in total. The van der Waals surface area contributed by atoms with Crippen LogP contribution in [-0.2, 0) is 9.84 Å². The fraction of sp³-hybridized carbons (Fsp3) is 0.167. The molecule has 0 amide bonds. The van der Waals surface area contributed by atoms with Gasteiger partial charge in [-0.1, -0.05) is 29.3 Å². The fourth-order valence-electron chi connectivity index (χ4n) is 2.38. The lowest BCUT2D eigenvalue weighted by Crippen LogP contribution is -2.13. The zero-order chi connectivity index (χ0) is 18.2. The van der Waals surface area contributed by atoms with Gasteiger partial charge in [-0.3, -0.25) is 0 Å². The summed E-state index contributed by atoms with van der Waals surface area (Å²) in [5, 5.41) is 0.351. The smallest absolute Gasteiger partial charge is 0.235 e. The van der Waals surface area contributed by atoms with Crippen molar-refractivity contribution in [1.82, 2.24) is 4.98 Å². The van der Waals surface area contributed by atoms with E-state index in [1.54, 1.807) is 19.0 Å².